The number of hydrogen-bond acceptors (Lipinski definition) is 5. The molecule has 4 aromatic rings. The van der Waals surface area contributed by atoms with Crippen LogP contribution >= 0.6 is 11.3 Å². The number of hydrogen-bond donors (Lipinski definition) is 1. The summed E-state index contributed by atoms with van der Waals surface area (Å²) in [7, 11) is 0. The van der Waals surface area contributed by atoms with Gasteiger partial charge >= 0.3 is 0 Å². The fraction of sp³-hybridized carbons (Fsp3) is 0.0952. The second-order valence-electron chi connectivity index (χ2n) is 6.12. The SMILES string of the molecule is Cc1cccc(CNC(=O)c2ccc(-c3noc(-c4ccccc4)n3)s2)c1. The van der Waals surface area contributed by atoms with Gasteiger partial charge in [-0.25, -0.2) is 0 Å². The van der Waals surface area contributed by atoms with Crippen LogP contribution in [0.25, 0.3) is 22.2 Å². The Labute approximate surface area is 160 Å². The highest BCUT2D eigenvalue weighted by atomic mass is 32.1. The van der Waals surface area contributed by atoms with Gasteiger partial charge in [0.2, 0.25) is 5.82 Å². The molecular formula is C21H17N3O2S. The number of thiophene rings is 1. The van der Waals surface area contributed by atoms with E-state index in [0.717, 1.165) is 16.0 Å². The van der Waals surface area contributed by atoms with Gasteiger partial charge in [0.1, 0.15) is 0 Å². The Morgan fingerprint density at radius 1 is 1.07 bits per heavy atom. The molecule has 134 valence electrons. The average Bonchev–Trinajstić information content (AvgIpc) is 3.36. The van der Waals surface area contributed by atoms with E-state index in [4.69, 9.17) is 4.52 Å². The third-order valence-corrected chi connectivity index (χ3v) is 5.11. The number of aromatic nitrogens is 2. The highest BCUT2D eigenvalue weighted by Gasteiger charge is 2.15. The van der Waals surface area contributed by atoms with E-state index in [1.807, 2.05) is 61.5 Å². The molecule has 6 heteroatoms. The normalized spacial score (nSPS) is 10.7. The molecule has 0 atom stereocenters. The van der Waals surface area contributed by atoms with Gasteiger partial charge in [-0.05, 0) is 36.8 Å². The molecule has 0 unspecified atom stereocenters. The van der Waals surface area contributed by atoms with Gasteiger partial charge in [-0.3, -0.25) is 4.79 Å². The molecule has 0 aliphatic heterocycles. The van der Waals surface area contributed by atoms with E-state index in [0.29, 0.717) is 23.1 Å². The number of carbonyl (C=O) groups excluding carboxylic acids is 1. The van der Waals surface area contributed by atoms with Crippen molar-refractivity contribution < 1.29 is 9.32 Å². The molecule has 27 heavy (non-hydrogen) atoms. The summed E-state index contributed by atoms with van der Waals surface area (Å²) in [6, 6.07) is 21.3. The summed E-state index contributed by atoms with van der Waals surface area (Å²) in [4.78, 5) is 18.2. The van der Waals surface area contributed by atoms with Gasteiger partial charge in [0.05, 0.1) is 9.75 Å². The zero-order chi connectivity index (χ0) is 18.6. The Hall–Kier alpha value is -3.25. The van der Waals surface area contributed by atoms with Gasteiger partial charge < -0.3 is 9.84 Å². The van der Waals surface area contributed by atoms with Crippen LogP contribution in [0.3, 0.4) is 0 Å². The van der Waals surface area contributed by atoms with Crippen LogP contribution in [0.2, 0.25) is 0 Å². The maximum Gasteiger partial charge on any atom is 0.261 e. The number of amides is 1. The minimum Gasteiger partial charge on any atom is -0.347 e. The molecule has 0 fully saturated rings. The first-order chi connectivity index (χ1) is 13.2. The number of benzene rings is 2. The number of aryl methyl sites for hydroxylation is 1. The van der Waals surface area contributed by atoms with Crippen molar-refractivity contribution in [3.63, 3.8) is 0 Å². The number of nitrogens with zero attached hydrogens (tertiary/aromatic N) is 2. The van der Waals surface area contributed by atoms with Crippen molar-refractivity contribution in [2.75, 3.05) is 0 Å². The minimum absolute atomic E-state index is 0.112. The predicted molar refractivity (Wildman–Crippen MR) is 105 cm³/mol. The summed E-state index contributed by atoms with van der Waals surface area (Å²) in [6.07, 6.45) is 0. The maximum atomic E-state index is 12.4. The summed E-state index contributed by atoms with van der Waals surface area (Å²) in [6.45, 7) is 2.53. The molecule has 0 radical (unpaired) electrons. The van der Waals surface area contributed by atoms with Crippen molar-refractivity contribution >= 4 is 17.2 Å². The Bertz CT molecular complexity index is 1070. The highest BCUT2D eigenvalue weighted by molar-refractivity contribution is 7.17. The molecule has 5 nitrogen and oxygen atoms in total. The van der Waals surface area contributed by atoms with E-state index in [1.54, 1.807) is 6.07 Å². The second kappa shape index (κ2) is 7.55. The second-order valence-corrected chi connectivity index (χ2v) is 7.21. The van der Waals surface area contributed by atoms with Gasteiger partial charge in [-0.15, -0.1) is 11.3 Å². The van der Waals surface area contributed by atoms with Gasteiger partial charge in [0.15, 0.2) is 0 Å². The molecular weight excluding hydrogens is 358 g/mol. The first-order valence-corrected chi connectivity index (χ1v) is 9.34. The standard InChI is InChI=1S/C21H17N3O2S/c1-14-6-5-7-15(12-14)13-22-20(25)18-11-10-17(27-18)19-23-21(26-24-19)16-8-3-2-4-9-16/h2-12H,13H2,1H3,(H,22,25). The molecule has 0 aliphatic carbocycles. The molecule has 0 spiro atoms. The van der Waals surface area contributed by atoms with E-state index in [9.17, 15) is 4.79 Å². The van der Waals surface area contributed by atoms with E-state index < -0.39 is 0 Å². The fourth-order valence-electron chi connectivity index (χ4n) is 2.69. The minimum atomic E-state index is -0.112. The topological polar surface area (TPSA) is 68.0 Å². The Morgan fingerprint density at radius 3 is 2.74 bits per heavy atom. The van der Waals surface area contributed by atoms with Gasteiger partial charge in [0, 0.05) is 12.1 Å². The van der Waals surface area contributed by atoms with Crippen molar-refractivity contribution in [2.24, 2.45) is 0 Å². The number of nitrogens with one attached hydrogen (secondary N) is 1. The van der Waals surface area contributed by atoms with E-state index in [-0.39, 0.29) is 5.91 Å². The van der Waals surface area contributed by atoms with Crippen molar-refractivity contribution in [3.05, 3.63) is 82.7 Å². The lowest BCUT2D eigenvalue weighted by Crippen LogP contribution is -2.21. The quantitative estimate of drug-likeness (QED) is 0.549. The summed E-state index contributed by atoms with van der Waals surface area (Å²) < 4.78 is 5.34. The smallest absolute Gasteiger partial charge is 0.261 e. The highest BCUT2D eigenvalue weighted by Crippen LogP contribution is 2.28. The van der Waals surface area contributed by atoms with Gasteiger partial charge in [0.25, 0.3) is 11.8 Å². The Balaban J connectivity index is 1.45. The van der Waals surface area contributed by atoms with Crippen LogP contribution in [0.15, 0.2) is 71.3 Å². The fourth-order valence-corrected chi connectivity index (χ4v) is 3.54. The lowest BCUT2D eigenvalue weighted by Gasteiger charge is -2.04. The lowest BCUT2D eigenvalue weighted by atomic mass is 10.1. The first-order valence-electron chi connectivity index (χ1n) is 8.52. The zero-order valence-corrected chi connectivity index (χ0v) is 15.5. The molecule has 0 saturated carbocycles. The van der Waals surface area contributed by atoms with E-state index >= 15 is 0 Å². The summed E-state index contributed by atoms with van der Waals surface area (Å²) in [5.74, 6) is 0.834. The number of carbonyl (C=O) groups is 1. The van der Waals surface area contributed by atoms with Crippen LogP contribution in [0.1, 0.15) is 20.8 Å². The Kier molecular flexibility index (Phi) is 4.80. The van der Waals surface area contributed by atoms with Crippen molar-refractivity contribution in [2.45, 2.75) is 13.5 Å². The van der Waals surface area contributed by atoms with Crippen LogP contribution < -0.4 is 5.32 Å². The van der Waals surface area contributed by atoms with E-state index in [1.165, 1.54) is 16.9 Å². The monoisotopic (exact) mass is 375 g/mol. The Morgan fingerprint density at radius 2 is 1.93 bits per heavy atom. The van der Waals surface area contributed by atoms with Crippen LogP contribution in [0.5, 0.6) is 0 Å². The lowest BCUT2D eigenvalue weighted by molar-refractivity contribution is 0.0955. The molecule has 0 aliphatic rings. The first kappa shape index (κ1) is 17.2. The van der Waals surface area contributed by atoms with Crippen molar-refractivity contribution in [1.29, 1.82) is 0 Å². The van der Waals surface area contributed by atoms with E-state index in [2.05, 4.69) is 21.5 Å². The summed E-state index contributed by atoms with van der Waals surface area (Å²) >= 11 is 1.34. The predicted octanol–water partition coefficient (Wildman–Crippen LogP) is 4.70. The summed E-state index contributed by atoms with van der Waals surface area (Å²) in [5, 5.41) is 6.98. The van der Waals surface area contributed by atoms with Crippen LogP contribution in [-0.4, -0.2) is 16.0 Å². The molecule has 2 heterocycles. The van der Waals surface area contributed by atoms with Gasteiger partial charge in [-0.2, -0.15) is 4.98 Å². The average molecular weight is 375 g/mol. The molecule has 4 rings (SSSR count). The van der Waals surface area contributed by atoms with Crippen LogP contribution in [-0.2, 0) is 6.54 Å². The molecule has 1 amide bonds. The van der Waals surface area contributed by atoms with Crippen molar-refractivity contribution in [1.82, 2.24) is 15.5 Å². The largest absolute Gasteiger partial charge is 0.347 e. The zero-order valence-electron chi connectivity index (χ0n) is 14.7. The third kappa shape index (κ3) is 3.96. The van der Waals surface area contributed by atoms with Crippen LogP contribution in [0.4, 0.5) is 0 Å². The number of rotatable bonds is 5. The summed E-state index contributed by atoms with van der Waals surface area (Å²) in [5.41, 5.74) is 3.11. The van der Waals surface area contributed by atoms with Crippen LogP contribution in [0, 0.1) is 6.92 Å². The van der Waals surface area contributed by atoms with Crippen molar-refractivity contribution in [3.8, 4) is 22.2 Å². The third-order valence-electron chi connectivity index (χ3n) is 4.03. The molecule has 0 bridgehead atoms. The molecule has 0 saturated heterocycles. The van der Waals surface area contributed by atoms with Gasteiger partial charge in [-0.1, -0.05) is 53.2 Å². The molecule has 2 aromatic carbocycles. The molecule has 1 N–H and O–H groups in total. The molecule has 2 aromatic heterocycles. The maximum absolute atomic E-state index is 12.4.